The second-order valence-corrected chi connectivity index (χ2v) is 8.75. The summed E-state index contributed by atoms with van der Waals surface area (Å²) in [5, 5.41) is 10.5. The highest BCUT2D eigenvalue weighted by molar-refractivity contribution is 7.89. The van der Waals surface area contributed by atoms with Crippen molar-refractivity contribution in [2.75, 3.05) is 50.6 Å². The molecule has 9 nitrogen and oxygen atoms in total. The van der Waals surface area contributed by atoms with E-state index in [1.54, 1.807) is 6.07 Å². The summed E-state index contributed by atoms with van der Waals surface area (Å²) in [5.41, 5.74) is 2.43. The Morgan fingerprint density at radius 1 is 1.31 bits per heavy atom. The van der Waals surface area contributed by atoms with Crippen molar-refractivity contribution in [1.29, 1.82) is 0 Å². The van der Waals surface area contributed by atoms with Gasteiger partial charge in [0.25, 0.3) is 5.91 Å². The molecule has 3 rings (SSSR count). The van der Waals surface area contributed by atoms with Crippen LogP contribution in [0.2, 0.25) is 0 Å². The molecule has 26 heavy (non-hydrogen) atoms. The van der Waals surface area contributed by atoms with Crippen molar-refractivity contribution in [1.82, 2.24) is 14.5 Å². The number of carbonyl (C=O) groups is 1. The molecule has 0 bridgehead atoms. The van der Waals surface area contributed by atoms with Gasteiger partial charge >= 0.3 is 0 Å². The van der Waals surface area contributed by atoms with Gasteiger partial charge in [0.05, 0.1) is 23.7 Å². The molecule has 1 N–H and O–H groups in total. The second-order valence-electron chi connectivity index (χ2n) is 5.76. The fourth-order valence-electron chi connectivity index (χ4n) is 2.54. The van der Waals surface area contributed by atoms with Gasteiger partial charge in [-0.05, 0) is 18.2 Å². The number of hydrogen-bond acceptors (Lipinski definition) is 8. The van der Waals surface area contributed by atoms with Crippen molar-refractivity contribution < 1.29 is 17.9 Å². The number of ether oxygens (including phenoxy) is 1. The normalized spacial score (nSPS) is 15.3. The van der Waals surface area contributed by atoms with E-state index in [1.807, 2.05) is 4.90 Å². The minimum Gasteiger partial charge on any atom is -0.378 e. The molecule has 0 saturated carbocycles. The molecular formula is C15H19N5O4S2. The summed E-state index contributed by atoms with van der Waals surface area (Å²) in [6, 6.07) is 4.58. The van der Waals surface area contributed by atoms with Crippen molar-refractivity contribution in [3.8, 4) is 0 Å². The van der Waals surface area contributed by atoms with Crippen LogP contribution in [0.15, 0.2) is 28.6 Å². The molecule has 2 aromatic rings. The zero-order valence-electron chi connectivity index (χ0n) is 14.4. The smallest absolute Gasteiger partial charge is 0.259 e. The van der Waals surface area contributed by atoms with Crippen LogP contribution in [0, 0.1) is 0 Å². The third-order valence-electron chi connectivity index (χ3n) is 3.92. The molecule has 0 unspecified atom stereocenters. The van der Waals surface area contributed by atoms with Gasteiger partial charge < -0.3 is 9.64 Å². The number of nitrogens with zero attached hydrogens (tertiary/aromatic N) is 4. The number of amides is 1. The van der Waals surface area contributed by atoms with Gasteiger partial charge in [0.1, 0.15) is 5.51 Å². The highest BCUT2D eigenvalue weighted by atomic mass is 32.2. The predicted octanol–water partition coefficient (Wildman–Crippen LogP) is 0.877. The van der Waals surface area contributed by atoms with Crippen molar-refractivity contribution in [3.63, 3.8) is 0 Å². The van der Waals surface area contributed by atoms with Crippen LogP contribution < -0.4 is 10.2 Å². The molecule has 0 aliphatic carbocycles. The molecule has 1 aromatic heterocycles. The summed E-state index contributed by atoms with van der Waals surface area (Å²) in [5.74, 6) is -0.431. The Hall–Kier alpha value is -2.08. The summed E-state index contributed by atoms with van der Waals surface area (Å²) in [6.07, 6.45) is 0. The maximum atomic E-state index is 12.8. The number of carbonyl (C=O) groups excluding carboxylic acids is 1. The Morgan fingerprint density at radius 2 is 2.04 bits per heavy atom. The monoisotopic (exact) mass is 397 g/mol. The highest BCUT2D eigenvalue weighted by Gasteiger charge is 2.24. The molecule has 1 saturated heterocycles. The summed E-state index contributed by atoms with van der Waals surface area (Å²) in [4.78, 5) is 14.8. The van der Waals surface area contributed by atoms with Gasteiger partial charge in [-0.25, -0.2) is 12.7 Å². The molecule has 2 heterocycles. The van der Waals surface area contributed by atoms with Crippen LogP contribution in [-0.2, 0) is 14.8 Å². The van der Waals surface area contributed by atoms with Crippen LogP contribution in [0.3, 0.4) is 0 Å². The third kappa shape index (κ3) is 3.85. The fraction of sp³-hybridized carbons (Fsp3) is 0.400. The maximum absolute atomic E-state index is 12.8. The quantitative estimate of drug-likeness (QED) is 0.798. The van der Waals surface area contributed by atoms with Crippen molar-refractivity contribution in [2.24, 2.45) is 0 Å². The molecule has 11 heteroatoms. The summed E-state index contributed by atoms with van der Waals surface area (Å²) >= 11 is 1.19. The van der Waals surface area contributed by atoms with Crippen LogP contribution in [0.1, 0.15) is 10.4 Å². The Bertz CT molecular complexity index is 877. The van der Waals surface area contributed by atoms with E-state index < -0.39 is 15.9 Å². The zero-order valence-corrected chi connectivity index (χ0v) is 16.0. The average Bonchev–Trinajstić information content (AvgIpc) is 3.14. The van der Waals surface area contributed by atoms with Gasteiger partial charge in [-0.1, -0.05) is 11.3 Å². The molecule has 0 spiro atoms. The number of rotatable bonds is 5. The zero-order chi connectivity index (χ0) is 18.7. The van der Waals surface area contributed by atoms with Crippen LogP contribution >= 0.6 is 11.3 Å². The van der Waals surface area contributed by atoms with Crippen molar-refractivity contribution >= 4 is 38.1 Å². The van der Waals surface area contributed by atoms with E-state index in [-0.39, 0.29) is 10.5 Å². The first-order valence-electron chi connectivity index (χ1n) is 7.86. The Kier molecular flexibility index (Phi) is 5.51. The molecule has 0 atom stereocenters. The van der Waals surface area contributed by atoms with Crippen LogP contribution in [0.25, 0.3) is 0 Å². The van der Waals surface area contributed by atoms with Gasteiger partial charge in [0.15, 0.2) is 0 Å². The van der Waals surface area contributed by atoms with Crippen LogP contribution in [0.5, 0.6) is 0 Å². The molecule has 140 valence electrons. The number of nitrogens with one attached hydrogen (secondary N) is 1. The number of anilines is 2. The Morgan fingerprint density at radius 3 is 2.65 bits per heavy atom. The lowest BCUT2D eigenvalue weighted by Gasteiger charge is -2.30. The first-order valence-corrected chi connectivity index (χ1v) is 10.2. The minimum atomic E-state index is -3.66. The maximum Gasteiger partial charge on any atom is 0.259 e. The fourth-order valence-corrected chi connectivity index (χ4v) is 3.91. The van der Waals surface area contributed by atoms with Gasteiger partial charge in [-0.3, -0.25) is 10.1 Å². The molecule has 1 fully saturated rings. The number of sulfonamides is 1. The van der Waals surface area contributed by atoms with E-state index in [4.69, 9.17) is 4.74 Å². The lowest BCUT2D eigenvalue weighted by Crippen LogP contribution is -2.37. The molecule has 0 radical (unpaired) electrons. The lowest BCUT2D eigenvalue weighted by atomic mass is 10.1. The van der Waals surface area contributed by atoms with Gasteiger partial charge in [-0.2, -0.15) is 0 Å². The van der Waals surface area contributed by atoms with Crippen molar-refractivity contribution in [3.05, 3.63) is 29.3 Å². The van der Waals surface area contributed by atoms with Crippen LogP contribution in [-0.4, -0.2) is 69.2 Å². The average molecular weight is 397 g/mol. The second kappa shape index (κ2) is 7.66. The largest absolute Gasteiger partial charge is 0.378 e. The molecule has 1 amide bonds. The number of aromatic nitrogens is 2. The number of benzene rings is 1. The van der Waals surface area contributed by atoms with Gasteiger partial charge in [0.2, 0.25) is 15.2 Å². The highest BCUT2D eigenvalue weighted by Crippen LogP contribution is 2.27. The third-order valence-corrected chi connectivity index (χ3v) is 6.34. The van der Waals surface area contributed by atoms with Gasteiger partial charge in [0, 0.05) is 32.9 Å². The molecule has 1 aliphatic rings. The van der Waals surface area contributed by atoms with Crippen LogP contribution in [0.4, 0.5) is 10.8 Å². The number of morpholine rings is 1. The van der Waals surface area contributed by atoms with E-state index >= 15 is 0 Å². The van der Waals surface area contributed by atoms with E-state index in [0.29, 0.717) is 37.1 Å². The lowest BCUT2D eigenvalue weighted by molar-refractivity contribution is 0.102. The Balaban J connectivity index is 2.02. The summed E-state index contributed by atoms with van der Waals surface area (Å²) in [7, 11) is -0.756. The van der Waals surface area contributed by atoms with Crippen molar-refractivity contribution in [2.45, 2.75) is 4.90 Å². The van der Waals surface area contributed by atoms with E-state index in [9.17, 15) is 13.2 Å². The first-order chi connectivity index (χ1) is 12.4. The minimum absolute atomic E-state index is 0.0573. The molecule has 1 aromatic carbocycles. The van der Waals surface area contributed by atoms with E-state index in [0.717, 1.165) is 4.31 Å². The summed E-state index contributed by atoms with van der Waals surface area (Å²) in [6.45, 7) is 2.35. The predicted molar refractivity (Wildman–Crippen MR) is 98.2 cm³/mol. The van der Waals surface area contributed by atoms with E-state index in [1.165, 1.54) is 43.1 Å². The first kappa shape index (κ1) is 18.7. The topological polar surface area (TPSA) is 105 Å². The molecule has 1 aliphatic heterocycles. The van der Waals surface area contributed by atoms with Gasteiger partial charge in [-0.15, -0.1) is 10.2 Å². The summed E-state index contributed by atoms with van der Waals surface area (Å²) < 4.78 is 31.4. The number of hydrogen-bond donors (Lipinski definition) is 1. The van der Waals surface area contributed by atoms with E-state index in [2.05, 4.69) is 15.5 Å². The molecular weight excluding hydrogens is 378 g/mol. The SMILES string of the molecule is CN(C)S(=O)(=O)c1ccc(N2CCOCC2)c(C(=O)Nc2nncs2)c1. The Labute approximate surface area is 155 Å². The standard InChI is InChI=1S/C15H19N5O4S2/c1-19(2)26(22,23)11-3-4-13(20-5-7-24-8-6-20)12(9-11)14(21)17-15-18-16-10-25-15/h3-4,9-10H,5-8H2,1-2H3,(H,17,18,21).